The van der Waals surface area contributed by atoms with Gasteiger partial charge in [0.1, 0.15) is 0 Å². The first-order chi connectivity index (χ1) is 6.74. The van der Waals surface area contributed by atoms with Crippen LogP contribution in [0, 0.1) is 11.8 Å². The zero-order valence-electron chi connectivity index (χ0n) is 8.61. The van der Waals surface area contributed by atoms with Crippen LogP contribution in [0.5, 0.6) is 0 Å². The van der Waals surface area contributed by atoms with Crippen molar-refractivity contribution in [2.75, 3.05) is 19.7 Å². The van der Waals surface area contributed by atoms with Gasteiger partial charge in [-0.25, -0.2) is 4.79 Å². The topological polar surface area (TPSA) is 55.6 Å². The summed E-state index contributed by atoms with van der Waals surface area (Å²) in [6.07, 6.45) is 1.85. The highest BCUT2D eigenvalue weighted by molar-refractivity contribution is 5.68. The minimum absolute atomic E-state index is 0.155. The van der Waals surface area contributed by atoms with Crippen LogP contribution in [0.4, 0.5) is 4.79 Å². The van der Waals surface area contributed by atoms with Crippen molar-refractivity contribution in [3.63, 3.8) is 0 Å². The van der Waals surface area contributed by atoms with Crippen molar-refractivity contribution in [3.8, 4) is 0 Å². The van der Waals surface area contributed by atoms with E-state index < -0.39 is 0 Å². The number of nitrogens with zero attached hydrogens (tertiary/aromatic N) is 1. The summed E-state index contributed by atoms with van der Waals surface area (Å²) in [7, 11) is 0. The molecule has 0 aromatic carbocycles. The van der Waals surface area contributed by atoms with E-state index in [-0.39, 0.29) is 6.09 Å². The van der Waals surface area contributed by atoms with Crippen LogP contribution in [0.2, 0.25) is 0 Å². The molecule has 2 N–H and O–H groups in total. The van der Waals surface area contributed by atoms with E-state index in [0.29, 0.717) is 24.5 Å². The summed E-state index contributed by atoms with van der Waals surface area (Å²) in [5, 5.41) is 0. The molecule has 1 heterocycles. The lowest BCUT2D eigenvalue weighted by Gasteiger charge is -2.18. The minimum atomic E-state index is -0.155. The Kier molecular flexibility index (Phi) is 2.63. The summed E-state index contributed by atoms with van der Waals surface area (Å²) in [5.41, 5.74) is 5.78. The Balaban J connectivity index is 1.68. The largest absolute Gasteiger partial charge is 0.449 e. The van der Waals surface area contributed by atoms with Gasteiger partial charge in [0.05, 0.1) is 6.61 Å². The molecule has 0 aromatic heterocycles. The summed E-state index contributed by atoms with van der Waals surface area (Å²) in [6.45, 7) is 4.23. The average Bonchev–Trinajstić information content (AvgIpc) is 2.67. The summed E-state index contributed by atoms with van der Waals surface area (Å²) in [4.78, 5) is 13.2. The third-order valence-corrected chi connectivity index (χ3v) is 3.24. The van der Waals surface area contributed by atoms with Crippen LogP contribution in [0.1, 0.15) is 19.8 Å². The third kappa shape index (κ3) is 1.71. The van der Waals surface area contributed by atoms with E-state index in [9.17, 15) is 4.79 Å². The quantitative estimate of drug-likeness (QED) is 0.683. The fraction of sp³-hybridized carbons (Fsp3) is 0.900. The molecule has 0 aromatic rings. The molecule has 1 aliphatic heterocycles. The Labute approximate surface area is 84.4 Å². The van der Waals surface area contributed by atoms with Crippen molar-refractivity contribution in [1.82, 2.24) is 4.90 Å². The standard InChI is InChI=1S/C10H18N2O2/c1-2-3-4-14-10(13)12-5-7-8(6-12)9(7)11/h7-9H,2-6,11H2,1H3. The highest BCUT2D eigenvalue weighted by Crippen LogP contribution is 2.43. The number of likely N-dealkylation sites (tertiary alicyclic amines) is 1. The number of ether oxygens (including phenoxy) is 1. The molecule has 2 fully saturated rings. The number of nitrogens with two attached hydrogens (primary N) is 1. The first kappa shape index (κ1) is 9.77. The smallest absolute Gasteiger partial charge is 0.409 e. The predicted molar refractivity (Wildman–Crippen MR) is 52.8 cm³/mol. The maximum Gasteiger partial charge on any atom is 0.409 e. The molecule has 0 radical (unpaired) electrons. The van der Waals surface area contributed by atoms with E-state index >= 15 is 0 Å². The van der Waals surface area contributed by atoms with E-state index in [2.05, 4.69) is 6.92 Å². The summed E-state index contributed by atoms with van der Waals surface area (Å²) >= 11 is 0. The van der Waals surface area contributed by atoms with E-state index in [1.54, 1.807) is 4.90 Å². The average molecular weight is 198 g/mol. The number of piperidine rings is 1. The van der Waals surface area contributed by atoms with Crippen molar-refractivity contribution in [2.24, 2.45) is 17.6 Å². The molecular weight excluding hydrogens is 180 g/mol. The van der Waals surface area contributed by atoms with E-state index in [4.69, 9.17) is 10.5 Å². The highest BCUT2D eigenvalue weighted by atomic mass is 16.6. The Morgan fingerprint density at radius 3 is 2.71 bits per heavy atom. The van der Waals surface area contributed by atoms with Crippen LogP contribution < -0.4 is 5.73 Å². The van der Waals surface area contributed by atoms with Gasteiger partial charge in [0.15, 0.2) is 0 Å². The molecular formula is C10H18N2O2. The van der Waals surface area contributed by atoms with Gasteiger partial charge in [-0.3, -0.25) is 0 Å². The fourth-order valence-electron chi connectivity index (χ4n) is 2.12. The lowest BCUT2D eigenvalue weighted by molar-refractivity contribution is 0.105. The Bertz CT molecular complexity index is 220. The molecule has 1 amide bonds. The molecule has 0 bridgehead atoms. The Morgan fingerprint density at radius 1 is 1.50 bits per heavy atom. The van der Waals surface area contributed by atoms with Crippen LogP contribution in [0.3, 0.4) is 0 Å². The van der Waals surface area contributed by atoms with Gasteiger partial charge in [0, 0.05) is 19.1 Å². The number of unbranched alkanes of at least 4 members (excludes halogenated alkanes) is 1. The van der Waals surface area contributed by atoms with Crippen molar-refractivity contribution < 1.29 is 9.53 Å². The molecule has 1 aliphatic carbocycles. The van der Waals surface area contributed by atoms with Gasteiger partial charge in [-0.15, -0.1) is 0 Å². The van der Waals surface area contributed by atoms with Gasteiger partial charge < -0.3 is 15.4 Å². The maximum absolute atomic E-state index is 11.5. The van der Waals surface area contributed by atoms with Crippen molar-refractivity contribution in [1.29, 1.82) is 0 Å². The summed E-state index contributed by atoms with van der Waals surface area (Å²) in [5.74, 6) is 1.10. The number of rotatable bonds is 3. The van der Waals surface area contributed by atoms with Crippen molar-refractivity contribution >= 4 is 6.09 Å². The first-order valence-corrected chi connectivity index (χ1v) is 5.41. The first-order valence-electron chi connectivity index (χ1n) is 5.41. The molecule has 80 valence electrons. The molecule has 2 aliphatic rings. The third-order valence-electron chi connectivity index (χ3n) is 3.24. The molecule has 4 heteroatoms. The zero-order valence-corrected chi connectivity index (χ0v) is 8.61. The van der Waals surface area contributed by atoms with Crippen molar-refractivity contribution in [2.45, 2.75) is 25.8 Å². The Hall–Kier alpha value is -0.770. The molecule has 4 nitrogen and oxygen atoms in total. The summed E-state index contributed by atoms with van der Waals surface area (Å²) in [6, 6.07) is 0.342. The molecule has 14 heavy (non-hydrogen) atoms. The van der Waals surface area contributed by atoms with Gasteiger partial charge in [-0.05, 0) is 18.3 Å². The van der Waals surface area contributed by atoms with Crippen LogP contribution >= 0.6 is 0 Å². The van der Waals surface area contributed by atoms with E-state index in [1.807, 2.05) is 0 Å². The molecule has 1 saturated heterocycles. The van der Waals surface area contributed by atoms with E-state index in [1.165, 1.54) is 0 Å². The highest BCUT2D eigenvalue weighted by Gasteiger charge is 2.54. The summed E-state index contributed by atoms with van der Waals surface area (Å²) < 4.78 is 5.12. The zero-order chi connectivity index (χ0) is 10.1. The second kappa shape index (κ2) is 3.77. The van der Waals surface area contributed by atoms with Gasteiger partial charge in [0.25, 0.3) is 0 Å². The Morgan fingerprint density at radius 2 is 2.14 bits per heavy atom. The monoisotopic (exact) mass is 198 g/mol. The van der Waals surface area contributed by atoms with Crippen LogP contribution in [0.15, 0.2) is 0 Å². The van der Waals surface area contributed by atoms with E-state index in [0.717, 1.165) is 25.9 Å². The number of carbonyl (C=O) groups is 1. The SMILES string of the molecule is CCCCOC(=O)N1CC2C(N)C2C1. The number of hydrogen-bond donors (Lipinski definition) is 1. The normalized spacial score (nSPS) is 34.1. The van der Waals surface area contributed by atoms with Crippen LogP contribution in [0.25, 0.3) is 0 Å². The van der Waals surface area contributed by atoms with Crippen LogP contribution in [-0.2, 0) is 4.74 Å². The number of carbonyl (C=O) groups excluding carboxylic acids is 1. The molecule has 2 atom stereocenters. The lowest BCUT2D eigenvalue weighted by Crippen LogP contribution is -2.34. The van der Waals surface area contributed by atoms with Gasteiger partial charge in [0.2, 0.25) is 0 Å². The van der Waals surface area contributed by atoms with Crippen molar-refractivity contribution in [3.05, 3.63) is 0 Å². The second-order valence-electron chi connectivity index (χ2n) is 4.28. The molecule has 2 rings (SSSR count). The predicted octanol–water partition coefficient (Wildman–Crippen LogP) is 0.812. The lowest BCUT2D eigenvalue weighted by atomic mass is 10.4. The molecule has 2 unspecified atom stereocenters. The maximum atomic E-state index is 11.5. The van der Waals surface area contributed by atoms with Gasteiger partial charge in [-0.2, -0.15) is 0 Å². The molecule has 1 saturated carbocycles. The van der Waals surface area contributed by atoms with Gasteiger partial charge in [-0.1, -0.05) is 13.3 Å². The number of amides is 1. The van der Waals surface area contributed by atoms with Crippen LogP contribution in [-0.4, -0.2) is 36.7 Å². The second-order valence-corrected chi connectivity index (χ2v) is 4.28. The van der Waals surface area contributed by atoms with Gasteiger partial charge >= 0.3 is 6.09 Å². The number of fused-ring (bicyclic) bond motifs is 1. The number of hydrogen-bond acceptors (Lipinski definition) is 3. The minimum Gasteiger partial charge on any atom is -0.449 e. The fourth-order valence-corrected chi connectivity index (χ4v) is 2.12. The molecule has 0 spiro atoms.